The summed E-state index contributed by atoms with van der Waals surface area (Å²) in [6.45, 7) is 5.97. The summed E-state index contributed by atoms with van der Waals surface area (Å²) in [5.74, 6) is 1.13. The molecule has 4 rings (SSSR count). The Bertz CT molecular complexity index is 1090. The number of hydrogen-bond acceptors (Lipinski definition) is 4. The molecule has 0 fully saturated rings. The number of ketones is 1. The molecule has 0 amide bonds. The van der Waals surface area contributed by atoms with Gasteiger partial charge in [-0.2, -0.15) is 0 Å². The summed E-state index contributed by atoms with van der Waals surface area (Å²) in [6, 6.07) is 11.2. The standard InChI is InChI=1S/C24H20O4/c1-14-4-7-18-22(10-14)28-23-11-15(2)5-8-19(23)24(18)20-12-17(16(3)26)6-9-21(20)27-13-25/h4-13,22H,1-3H3. The smallest absolute Gasteiger partial charge is 0.298 e. The molecule has 28 heavy (non-hydrogen) atoms. The number of allylic oxidation sites excluding steroid dienone is 2. The number of fused-ring (bicyclic) bond motifs is 2. The zero-order valence-electron chi connectivity index (χ0n) is 16.0. The molecule has 0 N–H and O–H groups in total. The Balaban J connectivity index is 2.03. The van der Waals surface area contributed by atoms with Crippen LogP contribution in [0.25, 0.3) is 5.57 Å². The number of rotatable bonds is 4. The molecule has 0 radical (unpaired) electrons. The number of ether oxygens (including phenoxy) is 2. The summed E-state index contributed by atoms with van der Waals surface area (Å²) in [6.07, 6.45) is 5.89. The normalized spacial score (nSPS) is 17.2. The quantitative estimate of drug-likeness (QED) is 0.571. The van der Waals surface area contributed by atoms with Crippen LogP contribution in [0.4, 0.5) is 0 Å². The third-order valence-electron chi connectivity index (χ3n) is 5.03. The number of benzene rings is 2. The van der Waals surface area contributed by atoms with Gasteiger partial charge in [0, 0.05) is 27.8 Å². The Kier molecular flexibility index (Phi) is 4.47. The monoisotopic (exact) mass is 372 g/mol. The lowest BCUT2D eigenvalue weighted by molar-refractivity contribution is -0.120. The number of Topliss-reactive ketones (excluding diaryl/α,β-unsaturated/α-hetero) is 1. The van der Waals surface area contributed by atoms with Crippen LogP contribution in [0.1, 0.15) is 40.9 Å². The highest BCUT2D eigenvalue weighted by atomic mass is 16.5. The van der Waals surface area contributed by atoms with Crippen molar-refractivity contribution in [3.8, 4) is 11.5 Å². The first-order chi connectivity index (χ1) is 13.5. The highest BCUT2D eigenvalue weighted by Crippen LogP contribution is 2.45. The second-order valence-corrected chi connectivity index (χ2v) is 7.09. The van der Waals surface area contributed by atoms with Crippen molar-refractivity contribution in [3.05, 3.63) is 88.0 Å². The summed E-state index contributed by atoms with van der Waals surface area (Å²) < 4.78 is 11.5. The average Bonchev–Trinajstić information content (AvgIpc) is 2.66. The van der Waals surface area contributed by atoms with E-state index in [1.54, 1.807) is 18.2 Å². The lowest BCUT2D eigenvalue weighted by atomic mass is 9.84. The van der Waals surface area contributed by atoms with Crippen molar-refractivity contribution in [1.82, 2.24) is 0 Å². The molecule has 1 aliphatic carbocycles. The maximum Gasteiger partial charge on any atom is 0.298 e. The lowest BCUT2D eigenvalue weighted by Gasteiger charge is -2.31. The van der Waals surface area contributed by atoms with Crippen molar-refractivity contribution in [1.29, 1.82) is 0 Å². The van der Waals surface area contributed by atoms with E-state index >= 15 is 0 Å². The van der Waals surface area contributed by atoms with Gasteiger partial charge in [0.2, 0.25) is 0 Å². The number of aryl methyl sites for hydroxylation is 1. The summed E-state index contributed by atoms with van der Waals surface area (Å²) in [4.78, 5) is 23.1. The Morgan fingerprint density at radius 3 is 2.64 bits per heavy atom. The topological polar surface area (TPSA) is 52.6 Å². The summed E-state index contributed by atoms with van der Waals surface area (Å²) in [5, 5.41) is 0. The Morgan fingerprint density at radius 2 is 1.89 bits per heavy atom. The predicted octanol–water partition coefficient (Wildman–Crippen LogP) is 4.81. The highest BCUT2D eigenvalue weighted by Gasteiger charge is 2.30. The van der Waals surface area contributed by atoms with Gasteiger partial charge in [-0.05, 0) is 56.7 Å². The van der Waals surface area contributed by atoms with E-state index in [0.717, 1.165) is 33.6 Å². The molecule has 0 bridgehead atoms. The molecular formula is C24H20O4. The van der Waals surface area contributed by atoms with Crippen LogP contribution in [0.2, 0.25) is 0 Å². The molecule has 2 aromatic carbocycles. The van der Waals surface area contributed by atoms with Gasteiger partial charge in [-0.3, -0.25) is 9.59 Å². The van der Waals surface area contributed by atoms with Crippen molar-refractivity contribution in [2.24, 2.45) is 0 Å². The molecule has 1 unspecified atom stereocenters. The Morgan fingerprint density at radius 1 is 1.07 bits per heavy atom. The molecule has 1 heterocycles. The van der Waals surface area contributed by atoms with E-state index in [1.807, 2.05) is 44.2 Å². The fourth-order valence-corrected chi connectivity index (χ4v) is 3.65. The van der Waals surface area contributed by atoms with Crippen molar-refractivity contribution in [2.75, 3.05) is 0 Å². The zero-order chi connectivity index (χ0) is 19.8. The SMILES string of the molecule is CC(=O)c1ccc(OC=O)c(C2=C3C=CC(C)=CC3Oc3cc(C)ccc32)c1. The third-order valence-corrected chi connectivity index (χ3v) is 5.03. The van der Waals surface area contributed by atoms with Crippen LogP contribution >= 0.6 is 0 Å². The van der Waals surface area contributed by atoms with Gasteiger partial charge in [-0.25, -0.2) is 0 Å². The summed E-state index contributed by atoms with van der Waals surface area (Å²) >= 11 is 0. The number of carbonyl (C=O) groups excluding carboxylic acids is 2. The minimum absolute atomic E-state index is 0.0489. The lowest BCUT2D eigenvalue weighted by Crippen LogP contribution is -2.24. The predicted molar refractivity (Wildman–Crippen MR) is 108 cm³/mol. The number of carbonyl (C=O) groups is 2. The van der Waals surface area contributed by atoms with E-state index < -0.39 is 0 Å². The molecule has 0 saturated heterocycles. The first kappa shape index (κ1) is 18.0. The molecule has 1 atom stereocenters. The van der Waals surface area contributed by atoms with Crippen molar-refractivity contribution >= 4 is 17.8 Å². The molecule has 2 aromatic rings. The molecule has 140 valence electrons. The third kappa shape index (κ3) is 3.07. The highest BCUT2D eigenvalue weighted by molar-refractivity contribution is 5.98. The van der Waals surface area contributed by atoms with Gasteiger partial charge in [0.15, 0.2) is 5.78 Å². The van der Waals surface area contributed by atoms with Crippen LogP contribution < -0.4 is 9.47 Å². The molecular weight excluding hydrogens is 352 g/mol. The average molecular weight is 372 g/mol. The van der Waals surface area contributed by atoms with E-state index in [2.05, 4.69) is 6.08 Å². The van der Waals surface area contributed by atoms with Crippen LogP contribution in [-0.4, -0.2) is 18.4 Å². The largest absolute Gasteiger partial charge is 0.481 e. The van der Waals surface area contributed by atoms with Crippen molar-refractivity contribution in [3.63, 3.8) is 0 Å². The van der Waals surface area contributed by atoms with E-state index in [9.17, 15) is 9.59 Å². The van der Waals surface area contributed by atoms with Crippen molar-refractivity contribution in [2.45, 2.75) is 26.9 Å². The first-order valence-corrected chi connectivity index (χ1v) is 9.12. The van der Waals surface area contributed by atoms with E-state index in [0.29, 0.717) is 23.3 Å². The molecule has 4 heteroatoms. The molecule has 0 spiro atoms. The second-order valence-electron chi connectivity index (χ2n) is 7.09. The van der Waals surface area contributed by atoms with Crippen molar-refractivity contribution < 1.29 is 19.1 Å². The summed E-state index contributed by atoms with van der Waals surface area (Å²) in [7, 11) is 0. The summed E-state index contributed by atoms with van der Waals surface area (Å²) in [5.41, 5.74) is 6.26. The van der Waals surface area contributed by atoms with Crippen LogP contribution in [0, 0.1) is 6.92 Å². The molecule has 0 saturated carbocycles. The van der Waals surface area contributed by atoms with Gasteiger partial charge in [0.1, 0.15) is 17.6 Å². The van der Waals surface area contributed by atoms with E-state index in [-0.39, 0.29) is 11.9 Å². The fourth-order valence-electron chi connectivity index (χ4n) is 3.65. The molecule has 4 nitrogen and oxygen atoms in total. The molecule has 1 aliphatic heterocycles. The Hall–Kier alpha value is -3.40. The molecule has 0 aromatic heterocycles. The van der Waals surface area contributed by atoms with Crippen LogP contribution in [-0.2, 0) is 4.79 Å². The van der Waals surface area contributed by atoms with Gasteiger partial charge in [0.25, 0.3) is 6.47 Å². The molecule has 2 aliphatic rings. The minimum atomic E-state index is -0.237. The minimum Gasteiger partial charge on any atom is -0.481 e. The van der Waals surface area contributed by atoms with Gasteiger partial charge in [-0.1, -0.05) is 29.9 Å². The van der Waals surface area contributed by atoms with Crippen LogP contribution in [0.5, 0.6) is 11.5 Å². The van der Waals surface area contributed by atoms with Gasteiger partial charge >= 0.3 is 0 Å². The van der Waals surface area contributed by atoms with Crippen LogP contribution in [0.15, 0.2) is 65.8 Å². The zero-order valence-corrected chi connectivity index (χ0v) is 16.0. The maximum absolute atomic E-state index is 12.0. The van der Waals surface area contributed by atoms with Gasteiger partial charge in [-0.15, -0.1) is 0 Å². The van der Waals surface area contributed by atoms with Gasteiger partial charge < -0.3 is 9.47 Å². The fraction of sp³-hybridized carbons (Fsp3) is 0.167. The first-order valence-electron chi connectivity index (χ1n) is 9.12. The van der Waals surface area contributed by atoms with E-state index in [1.165, 1.54) is 6.92 Å². The Labute approximate surface area is 163 Å². The number of hydrogen-bond donors (Lipinski definition) is 0. The van der Waals surface area contributed by atoms with Gasteiger partial charge in [0.05, 0.1) is 0 Å². The van der Waals surface area contributed by atoms with Crippen LogP contribution in [0.3, 0.4) is 0 Å². The second kappa shape index (κ2) is 6.97. The maximum atomic E-state index is 12.0. The van der Waals surface area contributed by atoms with E-state index in [4.69, 9.17) is 9.47 Å².